The molecular weight excluding hydrogens is 455 g/mol. The molecule has 1 atom stereocenters. The van der Waals surface area contributed by atoms with E-state index >= 15 is 0 Å². The number of rotatable bonds is 7. The van der Waals surface area contributed by atoms with E-state index in [2.05, 4.69) is 15.5 Å². The first kappa shape index (κ1) is 24.1. The summed E-state index contributed by atoms with van der Waals surface area (Å²) in [6, 6.07) is 13.6. The molecular formula is C25H29FN4O3S. The Morgan fingerprint density at radius 2 is 1.82 bits per heavy atom. The second-order valence-electron chi connectivity index (χ2n) is 8.13. The molecule has 0 aromatic heterocycles. The number of nitrogens with one attached hydrogen (secondary N) is 2. The van der Waals surface area contributed by atoms with Gasteiger partial charge in [0, 0.05) is 43.3 Å². The van der Waals surface area contributed by atoms with Gasteiger partial charge in [-0.3, -0.25) is 4.90 Å². The summed E-state index contributed by atoms with van der Waals surface area (Å²) in [5, 5.41) is 5.71. The Morgan fingerprint density at radius 1 is 1.12 bits per heavy atom. The minimum Gasteiger partial charge on any atom is -0.463 e. The van der Waals surface area contributed by atoms with Crippen molar-refractivity contribution in [3.8, 4) is 0 Å². The molecule has 0 spiro atoms. The Hall–Kier alpha value is -3.04. The molecule has 9 heteroatoms. The third kappa shape index (κ3) is 5.37. The average Bonchev–Trinajstić information content (AvgIpc) is 2.85. The van der Waals surface area contributed by atoms with Crippen molar-refractivity contribution in [1.82, 2.24) is 15.5 Å². The lowest BCUT2D eigenvalue weighted by atomic mass is 9.95. The number of piperazine rings is 1. The molecule has 1 saturated heterocycles. The van der Waals surface area contributed by atoms with E-state index in [1.165, 1.54) is 6.07 Å². The van der Waals surface area contributed by atoms with Gasteiger partial charge in [0.1, 0.15) is 5.82 Å². The predicted octanol–water partition coefficient (Wildman–Crippen LogP) is 3.54. The summed E-state index contributed by atoms with van der Waals surface area (Å²) in [6.45, 7) is 5.03. The van der Waals surface area contributed by atoms with E-state index in [9.17, 15) is 14.0 Å². The fraction of sp³-hybridized carbons (Fsp3) is 0.360. The average molecular weight is 485 g/mol. The summed E-state index contributed by atoms with van der Waals surface area (Å²) >= 11 is 1.63. The van der Waals surface area contributed by atoms with Crippen molar-refractivity contribution in [1.29, 1.82) is 0 Å². The number of halogens is 1. The molecule has 1 unspecified atom stereocenters. The number of nitrogens with zero attached hydrogens (tertiary/aromatic N) is 2. The SMILES string of the molecule is CCOC(=O)C1=C(CN2CCN(c3ccccc3F)CC2)NC(=O)NC1c1ccc(SC)cc1. The van der Waals surface area contributed by atoms with Crippen molar-refractivity contribution in [3.63, 3.8) is 0 Å². The van der Waals surface area contributed by atoms with Crippen LogP contribution in [0, 0.1) is 5.82 Å². The number of urea groups is 1. The van der Waals surface area contributed by atoms with Gasteiger partial charge in [-0.25, -0.2) is 14.0 Å². The highest BCUT2D eigenvalue weighted by atomic mass is 32.2. The van der Waals surface area contributed by atoms with E-state index in [0.717, 1.165) is 10.5 Å². The van der Waals surface area contributed by atoms with Gasteiger partial charge in [-0.2, -0.15) is 0 Å². The zero-order valence-corrected chi connectivity index (χ0v) is 20.2. The highest BCUT2D eigenvalue weighted by molar-refractivity contribution is 7.98. The smallest absolute Gasteiger partial charge is 0.338 e. The van der Waals surface area contributed by atoms with E-state index in [-0.39, 0.29) is 18.5 Å². The molecule has 2 heterocycles. The van der Waals surface area contributed by atoms with Gasteiger partial charge < -0.3 is 20.3 Å². The Bertz CT molecular complexity index is 1070. The van der Waals surface area contributed by atoms with Crippen LogP contribution in [0.25, 0.3) is 0 Å². The monoisotopic (exact) mass is 484 g/mol. The lowest BCUT2D eigenvalue weighted by Gasteiger charge is -2.38. The minimum absolute atomic E-state index is 0.232. The molecule has 2 amide bonds. The number of thioether (sulfide) groups is 1. The quantitative estimate of drug-likeness (QED) is 0.463. The predicted molar refractivity (Wildman–Crippen MR) is 131 cm³/mol. The second kappa shape index (κ2) is 10.9. The summed E-state index contributed by atoms with van der Waals surface area (Å²) in [6.07, 6.45) is 2.00. The Morgan fingerprint density at radius 3 is 2.47 bits per heavy atom. The molecule has 0 bridgehead atoms. The van der Waals surface area contributed by atoms with Gasteiger partial charge >= 0.3 is 12.0 Å². The molecule has 2 aliphatic heterocycles. The van der Waals surface area contributed by atoms with Crippen molar-refractivity contribution in [2.24, 2.45) is 0 Å². The van der Waals surface area contributed by atoms with E-state index < -0.39 is 12.0 Å². The molecule has 0 saturated carbocycles. The second-order valence-corrected chi connectivity index (χ2v) is 9.01. The molecule has 1 fully saturated rings. The van der Waals surface area contributed by atoms with Crippen LogP contribution in [0.3, 0.4) is 0 Å². The van der Waals surface area contributed by atoms with Crippen molar-refractivity contribution < 1.29 is 18.7 Å². The van der Waals surface area contributed by atoms with Gasteiger partial charge in [0.2, 0.25) is 0 Å². The maximum Gasteiger partial charge on any atom is 0.338 e. The first-order valence-corrected chi connectivity index (χ1v) is 12.6. The highest BCUT2D eigenvalue weighted by Gasteiger charge is 2.34. The van der Waals surface area contributed by atoms with Crippen LogP contribution in [0.4, 0.5) is 14.9 Å². The largest absolute Gasteiger partial charge is 0.463 e. The number of anilines is 1. The molecule has 2 aromatic rings. The number of hydrogen-bond acceptors (Lipinski definition) is 6. The van der Waals surface area contributed by atoms with Gasteiger partial charge in [-0.15, -0.1) is 11.8 Å². The van der Waals surface area contributed by atoms with Crippen molar-refractivity contribution in [2.75, 3.05) is 50.5 Å². The third-order valence-corrected chi connectivity index (χ3v) is 6.79. The van der Waals surface area contributed by atoms with Crippen LogP contribution < -0.4 is 15.5 Å². The van der Waals surface area contributed by atoms with Gasteiger partial charge in [0.15, 0.2) is 0 Å². The molecule has 180 valence electrons. The summed E-state index contributed by atoms with van der Waals surface area (Å²) in [5.74, 6) is -0.682. The number of carbonyl (C=O) groups is 2. The lowest BCUT2D eigenvalue weighted by Crippen LogP contribution is -2.52. The molecule has 2 N–H and O–H groups in total. The number of para-hydroxylation sites is 1. The fourth-order valence-electron chi connectivity index (χ4n) is 4.32. The van der Waals surface area contributed by atoms with Crippen molar-refractivity contribution in [2.45, 2.75) is 17.9 Å². The van der Waals surface area contributed by atoms with Crippen LogP contribution in [-0.4, -0.2) is 62.5 Å². The molecule has 4 rings (SSSR count). The molecule has 2 aromatic carbocycles. The van der Waals surface area contributed by atoms with E-state index in [1.54, 1.807) is 30.8 Å². The van der Waals surface area contributed by atoms with E-state index in [0.29, 0.717) is 49.7 Å². The van der Waals surface area contributed by atoms with Crippen molar-refractivity contribution >= 4 is 29.4 Å². The summed E-state index contributed by atoms with van der Waals surface area (Å²) < 4.78 is 19.5. The summed E-state index contributed by atoms with van der Waals surface area (Å²) in [4.78, 5) is 30.8. The minimum atomic E-state index is -0.599. The number of hydrogen-bond donors (Lipinski definition) is 2. The molecule has 2 aliphatic rings. The lowest BCUT2D eigenvalue weighted by molar-refractivity contribution is -0.139. The first-order chi connectivity index (χ1) is 16.5. The Labute approximate surface area is 203 Å². The Balaban J connectivity index is 1.56. The van der Waals surface area contributed by atoms with E-state index in [4.69, 9.17) is 4.74 Å². The van der Waals surface area contributed by atoms with Gasteiger partial charge in [0.05, 0.1) is 23.9 Å². The maximum atomic E-state index is 14.2. The van der Waals surface area contributed by atoms with Crippen LogP contribution in [0.2, 0.25) is 0 Å². The van der Waals surface area contributed by atoms with Gasteiger partial charge in [0.25, 0.3) is 0 Å². The van der Waals surface area contributed by atoms with Crippen LogP contribution in [0.5, 0.6) is 0 Å². The fourth-order valence-corrected chi connectivity index (χ4v) is 4.73. The number of esters is 1. The third-order valence-electron chi connectivity index (χ3n) is 6.05. The van der Waals surface area contributed by atoms with E-state index in [1.807, 2.05) is 41.5 Å². The number of amides is 2. The van der Waals surface area contributed by atoms with Crippen LogP contribution in [0.15, 0.2) is 64.7 Å². The number of benzene rings is 2. The maximum absolute atomic E-state index is 14.2. The number of carbonyl (C=O) groups excluding carboxylic acids is 2. The summed E-state index contributed by atoms with van der Waals surface area (Å²) in [5.41, 5.74) is 2.37. The first-order valence-electron chi connectivity index (χ1n) is 11.3. The van der Waals surface area contributed by atoms with Gasteiger partial charge in [-0.05, 0) is 43.0 Å². The van der Waals surface area contributed by atoms with Gasteiger partial charge in [-0.1, -0.05) is 24.3 Å². The normalized spacial score (nSPS) is 19.0. The van der Waals surface area contributed by atoms with Crippen LogP contribution >= 0.6 is 11.8 Å². The highest BCUT2D eigenvalue weighted by Crippen LogP contribution is 2.30. The molecule has 0 aliphatic carbocycles. The summed E-state index contributed by atoms with van der Waals surface area (Å²) in [7, 11) is 0. The Kier molecular flexibility index (Phi) is 7.74. The standard InChI is InChI=1S/C25H29FN4O3S/c1-3-33-24(31)22-20(27-25(32)28-23(22)17-8-10-18(34-2)11-9-17)16-29-12-14-30(15-13-29)21-7-5-4-6-19(21)26/h4-11,23H,3,12-16H2,1-2H3,(H2,27,28,32). The zero-order valence-electron chi connectivity index (χ0n) is 19.3. The molecule has 0 radical (unpaired) electrons. The van der Waals surface area contributed by atoms with Crippen molar-refractivity contribution in [3.05, 3.63) is 71.2 Å². The number of ether oxygens (including phenoxy) is 1. The van der Waals surface area contributed by atoms with Crippen LogP contribution in [-0.2, 0) is 9.53 Å². The zero-order chi connectivity index (χ0) is 24.1. The topological polar surface area (TPSA) is 73.9 Å². The van der Waals surface area contributed by atoms with Crippen LogP contribution in [0.1, 0.15) is 18.5 Å². The molecule has 34 heavy (non-hydrogen) atoms. The molecule has 7 nitrogen and oxygen atoms in total.